The highest BCUT2D eigenvalue weighted by molar-refractivity contribution is 5.92. The van der Waals surface area contributed by atoms with Gasteiger partial charge in [0, 0.05) is 29.3 Å². The average molecular weight is 375 g/mol. The maximum atomic E-state index is 13.0. The maximum Gasteiger partial charge on any atom is 0.586 e. The molecule has 2 aromatic carbocycles. The Bertz CT molecular complexity index is 1090. The van der Waals surface area contributed by atoms with Crippen molar-refractivity contribution >= 4 is 22.6 Å². The minimum atomic E-state index is -3.72. The molecule has 1 aromatic heterocycles. The van der Waals surface area contributed by atoms with E-state index in [4.69, 9.17) is 9.15 Å². The molecule has 0 spiro atoms. The van der Waals surface area contributed by atoms with Crippen LogP contribution in [0, 0.1) is 0 Å². The molecule has 0 aliphatic carbocycles. The van der Waals surface area contributed by atoms with Crippen LogP contribution in [-0.4, -0.2) is 18.8 Å². The molecule has 3 aromatic rings. The zero-order valence-corrected chi connectivity index (χ0v) is 13.5. The third kappa shape index (κ3) is 3.66. The van der Waals surface area contributed by atoms with Gasteiger partial charge >= 0.3 is 11.9 Å². The van der Waals surface area contributed by atoms with Gasteiger partial charge in [0.2, 0.25) is 0 Å². The fourth-order valence-corrected chi connectivity index (χ4v) is 2.50. The third-order valence-electron chi connectivity index (χ3n) is 3.65. The Morgan fingerprint density at radius 3 is 2.67 bits per heavy atom. The standard InChI is InChI=1S/C18H11F2NO6/c19-18(20)26-13-5-3-11(7-15(13)27-18)21-16(22)9-24-12-4-1-10-2-6-17(23)25-14(10)8-12/h1-8H,9H2,(H,21,22). The van der Waals surface area contributed by atoms with Crippen LogP contribution < -0.4 is 25.2 Å². The molecular formula is C18H11F2NO6. The number of fused-ring (bicyclic) bond motifs is 2. The number of carbonyl (C=O) groups excluding carboxylic acids is 1. The Morgan fingerprint density at radius 2 is 1.81 bits per heavy atom. The van der Waals surface area contributed by atoms with Gasteiger partial charge in [-0.1, -0.05) is 0 Å². The smallest absolute Gasteiger partial charge is 0.484 e. The van der Waals surface area contributed by atoms with Gasteiger partial charge in [-0.05, 0) is 30.3 Å². The first-order valence-corrected chi connectivity index (χ1v) is 7.74. The number of halogens is 2. The minimum Gasteiger partial charge on any atom is -0.484 e. The molecule has 0 saturated heterocycles. The fourth-order valence-electron chi connectivity index (χ4n) is 2.50. The molecule has 138 valence electrons. The normalized spacial score (nSPS) is 14.1. The second-order valence-electron chi connectivity index (χ2n) is 5.62. The number of carbonyl (C=O) groups is 1. The van der Waals surface area contributed by atoms with Crippen LogP contribution in [0.1, 0.15) is 0 Å². The van der Waals surface area contributed by atoms with Gasteiger partial charge in [0.05, 0.1) is 0 Å². The van der Waals surface area contributed by atoms with E-state index < -0.39 is 17.8 Å². The first-order valence-electron chi connectivity index (χ1n) is 7.74. The Labute approximate surface area is 150 Å². The molecule has 27 heavy (non-hydrogen) atoms. The monoisotopic (exact) mass is 375 g/mol. The Morgan fingerprint density at radius 1 is 1.04 bits per heavy atom. The average Bonchev–Trinajstić information content (AvgIpc) is 2.92. The van der Waals surface area contributed by atoms with Crippen molar-refractivity contribution in [2.24, 2.45) is 0 Å². The SMILES string of the molecule is O=C(COc1ccc2ccc(=O)oc2c1)Nc1ccc2c(c1)OC(F)(F)O2. The molecule has 2 heterocycles. The zero-order valence-electron chi connectivity index (χ0n) is 13.5. The third-order valence-corrected chi connectivity index (χ3v) is 3.65. The van der Waals surface area contributed by atoms with E-state index >= 15 is 0 Å². The van der Waals surface area contributed by atoms with Gasteiger partial charge < -0.3 is 23.9 Å². The molecular weight excluding hydrogens is 364 g/mol. The largest absolute Gasteiger partial charge is 0.586 e. The first kappa shape index (κ1) is 16.8. The number of hydrogen-bond donors (Lipinski definition) is 1. The fraction of sp³-hybridized carbons (Fsp3) is 0.111. The van der Waals surface area contributed by atoms with E-state index in [1.807, 2.05) is 0 Å². The van der Waals surface area contributed by atoms with Crippen LogP contribution in [0.2, 0.25) is 0 Å². The van der Waals surface area contributed by atoms with Gasteiger partial charge in [-0.15, -0.1) is 8.78 Å². The number of hydrogen-bond acceptors (Lipinski definition) is 6. The summed E-state index contributed by atoms with van der Waals surface area (Å²) in [6.45, 7) is -0.340. The summed E-state index contributed by atoms with van der Waals surface area (Å²) < 4.78 is 45.0. The molecule has 1 amide bonds. The van der Waals surface area contributed by atoms with Crippen molar-refractivity contribution < 1.29 is 32.2 Å². The van der Waals surface area contributed by atoms with Crippen LogP contribution in [0.4, 0.5) is 14.5 Å². The molecule has 0 saturated carbocycles. The van der Waals surface area contributed by atoms with Crippen molar-refractivity contribution in [1.82, 2.24) is 0 Å². The van der Waals surface area contributed by atoms with Gasteiger partial charge in [-0.2, -0.15) is 0 Å². The molecule has 4 rings (SSSR count). The Hall–Kier alpha value is -3.62. The highest BCUT2D eigenvalue weighted by atomic mass is 19.3. The van der Waals surface area contributed by atoms with E-state index in [9.17, 15) is 18.4 Å². The number of benzene rings is 2. The van der Waals surface area contributed by atoms with Crippen LogP contribution in [0.25, 0.3) is 11.0 Å². The lowest BCUT2D eigenvalue weighted by Crippen LogP contribution is -2.25. The number of amides is 1. The van der Waals surface area contributed by atoms with Gasteiger partial charge in [-0.3, -0.25) is 4.79 Å². The molecule has 1 aliphatic rings. The van der Waals surface area contributed by atoms with Crippen LogP contribution >= 0.6 is 0 Å². The highest BCUT2D eigenvalue weighted by Crippen LogP contribution is 2.42. The van der Waals surface area contributed by atoms with Crippen LogP contribution in [0.5, 0.6) is 17.2 Å². The maximum absolute atomic E-state index is 13.0. The lowest BCUT2D eigenvalue weighted by molar-refractivity contribution is -0.286. The number of ether oxygens (including phenoxy) is 3. The topological polar surface area (TPSA) is 87.0 Å². The molecule has 9 heteroatoms. The van der Waals surface area contributed by atoms with Gasteiger partial charge in [0.1, 0.15) is 11.3 Å². The Kier molecular flexibility index (Phi) is 3.91. The zero-order chi connectivity index (χ0) is 19.0. The van der Waals surface area contributed by atoms with E-state index in [1.165, 1.54) is 30.3 Å². The molecule has 0 unspecified atom stereocenters. The number of anilines is 1. The Balaban J connectivity index is 1.40. The molecule has 0 radical (unpaired) electrons. The first-order chi connectivity index (χ1) is 12.9. The van der Waals surface area contributed by atoms with Crippen molar-refractivity contribution in [3.05, 3.63) is 59.0 Å². The number of alkyl halides is 2. The summed E-state index contributed by atoms with van der Waals surface area (Å²) in [4.78, 5) is 23.2. The van der Waals surface area contributed by atoms with E-state index in [-0.39, 0.29) is 23.8 Å². The van der Waals surface area contributed by atoms with Gasteiger partial charge in [0.25, 0.3) is 5.91 Å². The molecule has 7 nitrogen and oxygen atoms in total. The van der Waals surface area contributed by atoms with Crippen LogP contribution in [0.15, 0.2) is 57.7 Å². The second kappa shape index (κ2) is 6.27. The quantitative estimate of drug-likeness (QED) is 0.705. The lowest BCUT2D eigenvalue weighted by Gasteiger charge is -2.08. The van der Waals surface area contributed by atoms with Crippen LogP contribution in [0.3, 0.4) is 0 Å². The summed E-state index contributed by atoms with van der Waals surface area (Å²) in [5, 5.41) is 3.21. The summed E-state index contributed by atoms with van der Waals surface area (Å²) in [6, 6.07) is 11.6. The number of rotatable bonds is 4. The summed E-state index contributed by atoms with van der Waals surface area (Å²) in [5.74, 6) is -0.484. The minimum absolute atomic E-state index is 0.119. The predicted octanol–water partition coefficient (Wildman–Crippen LogP) is 3.13. The summed E-state index contributed by atoms with van der Waals surface area (Å²) >= 11 is 0. The molecule has 1 aliphatic heterocycles. The molecule has 1 N–H and O–H groups in total. The van der Waals surface area contributed by atoms with E-state index in [1.54, 1.807) is 18.2 Å². The van der Waals surface area contributed by atoms with E-state index in [0.717, 1.165) is 0 Å². The van der Waals surface area contributed by atoms with Gasteiger partial charge in [0.15, 0.2) is 18.1 Å². The number of nitrogens with one attached hydrogen (secondary N) is 1. The van der Waals surface area contributed by atoms with Crippen molar-refractivity contribution in [2.45, 2.75) is 6.29 Å². The van der Waals surface area contributed by atoms with Crippen LogP contribution in [-0.2, 0) is 4.79 Å². The van der Waals surface area contributed by atoms with Crippen molar-refractivity contribution in [3.8, 4) is 17.2 Å². The van der Waals surface area contributed by atoms with E-state index in [2.05, 4.69) is 14.8 Å². The van der Waals surface area contributed by atoms with Gasteiger partial charge in [-0.25, -0.2) is 4.79 Å². The lowest BCUT2D eigenvalue weighted by atomic mass is 10.2. The molecule has 0 fully saturated rings. The van der Waals surface area contributed by atoms with E-state index in [0.29, 0.717) is 16.7 Å². The molecule has 0 atom stereocenters. The summed E-state index contributed by atoms with van der Waals surface area (Å²) in [5.41, 5.74) is 0.0797. The highest BCUT2D eigenvalue weighted by Gasteiger charge is 2.43. The predicted molar refractivity (Wildman–Crippen MR) is 89.3 cm³/mol. The summed E-state index contributed by atoms with van der Waals surface area (Å²) in [6.07, 6.45) is -3.72. The van der Waals surface area contributed by atoms with Crippen molar-refractivity contribution in [2.75, 3.05) is 11.9 Å². The van der Waals surface area contributed by atoms with Crippen molar-refractivity contribution in [3.63, 3.8) is 0 Å². The van der Waals surface area contributed by atoms with Crippen molar-refractivity contribution in [1.29, 1.82) is 0 Å². The second-order valence-corrected chi connectivity index (χ2v) is 5.62. The molecule has 0 bridgehead atoms. The summed E-state index contributed by atoms with van der Waals surface area (Å²) in [7, 11) is 0.